The Morgan fingerprint density at radius 3 is 1.12 bits per heavy atom. The van der Waals surface area contributed by atoms with Crippen LogP contribution in [0.2, 0.25) is 0 Å². The Kier molecular flexibility index (Phi) is 46.4. The molecule has 0 N–H and O–H groups in total. The van der Waals surface area contributed by atoms with E-state index in [9.17, 15) is 14.4 Å². The molecule has 0 aromatic rings. The zero-order valence-electron chi connectivity index (χ0n) is 39.5. The fourth-order valence-electron chi connectivity index (χ4n) is 7.02. The van der Waals surface area contributed by atoms with Gasteiger partial charge in [-0.15, -0.1) is 0 Å². The van der Waals surface area contributed by atoms with Crippen LogP contribution in [0.1, 0.15) is 245 Å². The van der Waals surface area contributed by atoms with Crippen LogP contribution < -0.4 is 0 Å². The standard InChI is InChI=1S/C54H94O6/c1-4-7-10-13-16-19-22-24-26-27-29-30-32-35-38-41-44-47-53(56)59-50-51(49-58-52(55)46-43-40-37-34-21-18-15-12-9-6-3)60-54(57)48-45-42-39-36-33-31-28-25-23-20-17-14-11-8-5-2/h8,11,14-15,17-18,20,23,25,28,51H,4-7,9-10,12-13,16,19,21-22,24,26-27,29-50H2,1-3H3/b11-8-,17-14-,18-15-,23-20-,28-25-. The van der Waals surface area contributed by atoms with Crippen molar-refractivity contribution >= 4 is 17.9 Å². The van der Waals surface area contributed by atoms with E-state index in [2.05, 4.69) is 63.3 Å². The van der Waals surface area contributed by atoms with E-state index in [4.69, 9.17) is 14.2 Å². The summed E-state index contributed by atoms with van der Waals surface area (Å²) in [5.41, 5.74) is 0. The van der Waals surface area contributed by atoms with E-state index in [1.54, 1.807) is 0 Å². The van der Waals surface area contributed by atoms with E-state index >= 15 is 0 Å². The van der Waals surface area contributed by atoms with E-state index < -0.39 is 6.10 Å². The first-order valence-electron chi connectivity index (χ1n) is 25.3. The average Bonchev–Trinajstić information content (AvgIpc) is 3.24. The summed E-state index contributed by atoms with van der Waals surface area (Å²) in [5, 5.41) is 0. The van der Waals surface area contributed by atoms with Gasteiger partial charge in [-0.25, -0.2) is 0 Å². The Labute approximate surface area is 370 Å². The molecule has 0 saturated carbocycles. The Bertz CT molecular complexity index is 1100. The number of allylic oxidation sites excluding steroid dienone is 10. The van der Waals surface area contributed by atoms with Gasteiger partial charge in [0.25, 0.3) is 0 Å². The topological polar surface area (TPSA) is 78.9 Å². The van der Waals surface area contributed by atoms with Crippen LogP contribution in [0.4, 0.5) is 0 Å². The maximum atomic E-state index is 12.8. The van der Waals surface area contributed by atoms with Gasteiger partial charge in [-0.1, -0.05) is 229 Å². The van der Waals surface area contributed by atoms with E-state index in [1.165, 1.54) is 103 Å². The lowest BCUT2D eigenvalue weighted by Gasteiger charge is -2.18. The van der Waals surface area contributed by atoms with Crippen molar-refractivity contribution in [2.75, 3.05) is 13.2 Å². The largest absolute Gasteiger partial charge is 0.462 e. The highest BCUT2D eigenvalue weighted by atomic mass is 16.6. The summed E-state index contributed by atoms with van der Waals surface area (Å²) >= 11 is 0. The van der Waals surface area contributed by atoms with E-state index in [0.717, 1.165) is 103 Å². The predicted octanol–water partition coefficient (Wildman–Crippen LogP) is 16.5. The van der Waals surface area contributed by atoms with Crippen LogP contribution in [0.5, 0.6) is 0 Å². The van der Waals surface area contributed by atoms with Crippen molar-refractivity contribution < 1.29 is 28.6 Å². The molecule has 0 aliphatic heterocycles. The van der Waals surface area contributed by atoms with Crippen molar-refractivity contribution in [3.8, 4) is 0 Å². The molecular formula is C54H94O6. The van der Waals surface area contributed by atoms with Crippen LogP contribution in [0, 0.1) is 0 Å². The minimum Gasteiger partial charge on any atom is -0.462 e. The molecule has 0 saturated heterocycles. The van der Waals surface area contributed by atoms with Gasteiger partial charge < -0.3 is 14.2 Å². The lowest BCUT2D eigenvalue weighted by molar-refractivity contribution is -0.167. The molecule has 0 bridgehead atoms. The number of ether oxygens (including phenoxy) is 3. The molecule has 0 fully saturated rings. The highest BCUT2D eigenvalue weighted by molar-refractivity contribution is 5.71. The van der Waals surface area contributed by atoms with Gasteiger partial charge in [0.1, 0.15) is 13.2 Å². The second-order valence-electron chi connectivity index (χ2n) is 16.8. The maximum absolute atomic E-state index is 12.8. The molecule has 0 amide bonds. The summed E-state index contributed by atoms with van der Waals surface area (Å²) in [6, 6.07) is 0. The average molecular weight is 839 g/mol. The van der Waals surface area contributed by atoms with Crippen molar-refractivity contribution in [3.05, 3.63) is 60.8 Å². The Hall–Kier alpha value is -2.89. The molecular weight excluding hydrogens is 745 g/mol. The summed E-state index contributed by atoms with van der Waals surface area (Å²) in [6.45, 7) is 6.44. The molecule has 0 spiro atoms. The molecule has 6 nitrogen and oxygen atoms in total. The van der Waals surface area contributed by atoms with Gasteiger partial charge >= 0.3 is 17.9 Å². The van der Waals surface area contributed by atoms with Gasteiger partial charge in [0.15, 0.2) is 6.10 Å². The number of esters is 3. The third kappa shape index (κ3) is 46.2. The number of hydrogen-bond donors (Lipinski definition) is 0. The Morgan fingerprint density at radius 2 is 0.683 bits per heavy atom. The van der Waals surface area contributed by atoms with Gasteiger partial charge in [-0.3, -0.25) is 14.4 Å². The second-order valence-corrected chi connectivity index (χ2v) is 16.8. The van der Waals surface area contributed by atoms with Crippen molar-refractivity contribution in [2.24, 2.45) is 0 Å². The summed E-state index contributed by atoms with van der Waals surface area (Å²) < 4.78 is 16.7. The van der Waals surface area contributed by atoms with Crippen LogP contribution in [0.15, 0.2) is 60.8 Å². The van der Waals surface area contributed by atoms with Crippen LogP contribution >= 0.6 is 0 Å². The van der Waals surface area contributed by atoms with E-state index in [-0.39, 0.29) is 31.1 Å². The monoisotopic (exact) mass is 839 g/mol. The molecule has 0 aromatic carbocycles. The highest BCUT2D eigenvalue weighted by Gasteiger charge is 2.19. The zero-order chi connectivity index (χ0) is 43.7. The quantitative estimate of drug-likeness (QED) is 0.0200. The van der Waals surface area contributed by atoms with Crippen LogP contribution in [0.3, 0.4) is 0 Å². The highest BCUT2D eigenvalue weighted by Crippen LogP contribution is 2.15. The molecule has 1 unspecified atom stereocenters. The van der Waals surface area contributed by atoms with Crippen LogP contribution in [0.25, 0.3) is 0 Å². The summed E-state index contributed by atoms with van der Waals surface area (Å²) in [5.74, 6) is -0.920. The predicted molar refractivity (Wildman–Crippen MR) is 256 cm³/mol. The molecule has 60 heavy (non-hydrogen) atoms. The molecule has 346 valence electrons. The normalized spacial score (nSPS) is 12.5. The molecule has 0 aliphatic rings. The molecule has 0 rings (SSSR count). The Balaban J connectivity index is 4.37. The van der Waals surface area contributed by atoms with Crippen molar-refractivity contribution in [3.63, 3.8) is 0 Å². The van der Waals surface area contributed by atoms with Crippen molar-refractivity contribution in [1.29, 1.82) is 0 Å². The minimum atomic E-state index is -0.787. The number of carbonyl (C=O) groups excluding carboxylic acids is 3. The third-order valence-corrected chi connectivity index (χ3v) is 10.9. The number of rotatable bonds is 45. The first kappa shape index (κ1) is 57.1. The first-order valence-corrected chi connectivity index (χ1v) is 25.3. The summed E-state index contributed by atoms with van der Waals surface area (Å²) in [6.07, 6.45) is 59.2. The van der Waals surface area contributed by atoms with Gasteiger partial charge in [-0.2, -0.15) is 0 Å². The van der Waals surface area contributed by atoms with Crippen molar-refractivity contribution in [2.45, 2.75) is 252 Å². The maximum Gasteiger partial charge on any atom is 0.306 e. The van der Waals surface area contributed by atoms with E-state index in [0.29, 0.717) is 19.3 Å². The van der Waals surface area contributed by atoms with Gasteiger partial charge in [0.2, 0.25) is 0 Å². The number of unbranched alkanes of at least 4 members (excludes halogenated alkanes) is 27. The van der Waals surface area contributed by atoms with Gasteiger partial charge in [-0.05, 0) is 57.8 Å². The zero-order valence-corrected chi connectivity index (χ0v) is 39.5. The molecule has 0 aliphatic carbocycles. The van der Waals surface area contributed by atoms with Crippen LogP contribution in [-0.2, 0) is 28.6 Å². The molecule has 6 heteroatoms. The summed E-state index contributed by atoms with van der Waals surface area (Å²) in [7, 11) is 0. The lowest BCUT2D eigenvalue weighted by Crippen LogP contribution is -2.30. The number of carbonyl (C=O) groups is 3. The van der Waals surface area contributed by atoms with E-state index in [1.807, 2.05) is 18.2 Å². The fraction of sp³-hybridized carbons (Fsp3) is 0.759. The second kappa shape index (κ2) is 48.8. The van der Waals surface area contributed by atoms with Gasteiger partial charge in [0.05, 0.1) is 0 Å². The smallest absolute Gasteiger partial charge is 0.306 e. The summed E-state index contributed by atoms with van der Waals surface area (Å²) in [4.78, 5) is 37.9. The fourth-order valence-corrected chi connectivity index (χ4v) is 7.02. The molecule has 0 heterocycles. The van der Waals surface area contributed by atoms with Crippen molar-refractivity contribution in [1.82, 2.24) is 0 Å². The number of hydrogen-bond acceptors (Lipinski definition) is 6. The lowest BCUT2D eigenvalue weighted by atomic mass is 10.0. The third-order valence-electron chi connectivity index (χ3n) is 10.9. The molecule has 1 atom stereocenters. The molecule has 0 aromatic heterocycles. The first-order chi connectivity index (χ1) is 29.5. The van der Waals surface area contributed by atoms with Gasteiger partial charge in [0, 0.05) is 19.3 Å². The molecule has 0 radical (unpaired) electrons. The minimum absolute atomic E-state index is 0.0858. The Morgan fingerprint density at radius 1 is 0.350 bits per heavy atom. The van der Waals surface area contributed by atoms with Crippen LogP contribution in [-0.4, -0.2) is 37.2 Å². The SMILES string of the molecule is CC\C=C/C=C\C=C/C=C\CCCCCCCC(=O)OC(COC(=O)CCCCCC/C=C\CCCC)COC(=O)CCCCCCCCCCCCCCCCCCC.